The first-order chi connectivity index (χ1) is 47.5. The molecule has 46 nitrogen and oxygen atoms in total. The molecule has 25 rings (SSSR count). The Morgan fingerprint density at radius 2 is 0.410 bits per heavy atom. The van der Waals surface area contributed by atoms with Gasteiger partial charge in [-0.1, -0.05) is 0 Å². The number of aliphatic hydroxyl groups excluding tert-OH is 26. The number of nitrogens with two attached hydrogens (primary N) is 3. The van der Waals surface area contributed by atoms with Crippen molar-refractivity contribution in [2.45, 2.75) is 276 Å². The molecule has 0 aromatic heterocycles. The third-order valence-corrected chi connectivity index (χ3v) is 19.0. The van der Waals surface area contributed by atoms with Gasteiger partial charge in [-0.3, -0.25) is 0 Å². The molecule has 0 spiro atoms. The van der Waals surface area contributed by atoms with E-state index < -0.39 is 336 Å². The number of hydrogen-bond acceptors (Lipinski definition) is 46. The van der Waals surface area contributed by atoms with E-state index in [0.29, 0.717) is 0 Å². The lowest BCUT2D eigenvalue weighted by molar-refractivity contribution is -0.404. The van der Waals surface area contributed by atoms with Crippen LogP contribution in [0.5, 0.6) is 0 Å². The van der Waals surface area contributed by atoms with Crippen LogP contribution < -0.4 is 17.2 Å². The SMILES string of the molecule is NC1C(O)O[C@H](CO)C(O[C@@H]2O[C@H](CO)C(O[C@@H]3O[C@H](CO)[C@@H](O)[C@H](O)[C@H]3N)[C@H](O)C2N)C1O.OC[C@H]1O[C@@H]2O[C@H]3C(O)C(O)[C@H](O[C@@H]3CO)O[C@H]3C(O)C(O)[C@H](O[C@@H]3CO)O[C@H]3C(O)C(O)[C@H](O[C@@H]3CO)O[C@H]3C(O)C(O)[C@H](O[C@@H]3CO)O[C@H]3C(O)C(O)C(OC1C(O)C2O)O[C@@H]3CO. The molecule has 25 fully saturated rings. The first-order valence-corrected chi connectivity index (χ1v) is 31.9. The van der Waals surface area contributed by atoms with Gasteiger partial charge in [-0.25, -0.2) is 0 Å². The Kier molecular flexibility index (Phi) is 29.2. The van der Waals surface area contributed by atoms with Crippen LogP contribution in [0.2, 0.25) is 0 Å². The van der Waals surface area contributed by atoms with Crippen molar-refractivity contribution < 1.29 is 213 Å². The summed E-state index contributed by atoms with van der Waals surface area (Å²) in [4.78, 5) is 0. The van der Waals surface area contributed by atoms with Crippen LogP contribution in [0.3, 0.4) is 0 Å². The van der Waals surface area contributed by atoms with Crippen LogP contribution in [0.15, 0.2) is 0 Å². The number of ether oxygens (including phenoxy) is 17. The van der Waals surface area contributed by atoms with E-state index in [1.54, 1.807) is 0 Å². The molecule has 0 aliphatic carbocycles. The fourth-order valence-electron chi connectivity index (χ4n) is 13.1. The minimum absolute atomic E-state index is 0.651. The molecule has 25 heterocycles. The predicted molar refractivity (Wildman–Crippen MR) is 303 cm³/mol. The van der Waals surface area contributed by atoms with Crippen molar-refractivity contribution in [1.29, 1.82) is 0 Å². The zero-order valence-corrected chi connectivity index (χ0v) is 52.6. The molecule has 584 valence electrons. The van der Waals surface area contributed by atoms with Crippen LogP contribution in [-0.4, -0.2) is 468 Å². The van der Waals surface area contributed by atoms with Crippen LogP contribution in [-0.2, 0) is 80.5 Å². The Labute approximate surface area is 565 Å². The third-order valence-electron chi connectivity index (χ3n) is 19.0. The molecule has 32 N–H and O–H groups in total. The van der Waals surface area contributed by atoms with Crippen LogP contribution in [0.25, 0.3) is 0 Å². The second-order valence-electron chi connectivity index (χ2n) is 25.4. The van der Waals surface area contributed by atoms with Crippen molar-refractivity contribution in [2.75, 3.05) is 59.5 Å². The summed E-state index contributed by atoms with van der Waals surface area (Å²) >= 11 is 0. The molecular weight excluding hydrogens is 1380 g/mol. The van der Waals surface area contributed by atoms with Crippen molar-refractivity contribution in [2.24, 2.45) is 17.2 Å². The lowest BCUT2D eigenvalue weighted by Gasteiger charge is -2.50. The molecule has 0 radical (unpaired) electrons. The molecule has 0 saturated carbocycles. The monoisotopic (exact) mass is 1470 g/mol. The van der Waals surface area contributed by atoms with Crippen LogP contribution in [0, 0.1) is 0 Å². The average molecular weight is 1470 g/mol. The summed E-state index contributed by atoms with van der Waals surface area (Å²) in [6.07, 6.45) is -75.3. The smallest absolute Gasteiger partial charge is 0.187 e. The van der Waals surface area contributed by atoms with Gasteiger partial charge in [0.25, 0.3) is 0 Å². The minimum Gasteiger partial charge on any atom is -0.394 e. The Bertz CT molecular complexity index is 2180. The van der Waals surface area contributed by atoms with Gasteiger partial charge in [0, 0.05) is 0 Å². The van der Waals surface area contributed by atoms with E-state index in [9.17, 15) is 133 Å². The van der Waals surface area contributed by atoms with E-state index in [1.807, 2.05) is 0 Å². The molecule has 0 amide bonds. The third kappa shape index (κ3) is 16.7. The maximum absolute atomic E-state index is 11.2. The summed E-state index contributed by atoms with van der Waals surface area (Å²) in [6, 6.07) is -3.87. The zero-order valence-electron chi connectivity index (χ0n) is 52.6. The fraction of sp³-hybridized carbons (Fsp3) is 1.00. The number of aliphatic hydroxyl groups is 26. The van der Waals surface area contributed by atoms with Gasteiger partial charge in [0.05, 0.1) is 77.6 Å². The Morgan fingerprint density at radius 1 is 0.200 bits per heavy atom. The maximum Gasteiger partial charge on any atom is 0.187 e. The van der Waals surface area contributed by atoms with Gasteiger partial charge in [-0.05, 0) is 0 Å². The second kappa shape index (κ2) is 35.5. The van der Waals surface area contributed by atoms with Crippen LogP contribution in [0.4, 0.5) is 0 Å². The first-order valence-electron chi connectivity index (χ1n) is 31.9. The number of hydrogen-bond donors (Lipinski definition) is 29. The summed E-state index contributed by atoms with van der Waals surface area (Å²) in [5.41, 5.74) is 17.6. The molecule has 46 heteroatoms. The molecule has 25 saturated heterocycles. The minimum atomic E-state index is -2.15. The van der Waals surface area contributed by atoms with E-state index in [0.717, 1.165) is 0 Å². The molecule has 45 atom stereocenters. The van der Waals surface area contributed by atoms with E-state index >= 15 is 0 Å². The maximum atomic E-state index is 11.2. The molecular formula is C54H95N3O43. The topological polar surface area (TPSA) is 761 Å². The summed E-state index contributed by atoms with van der Waals surface area (Å²) in [5, 5.41) is 275. The standard InChI is InChI=1S/C36H60O30.C18H35N3O13/c37-1-7-25-13(43)19(49)31(55-7)62-26-8(2-38)57-33(21(51)15(26)45)64-28-10(4-40)59-35(23(53)17(28)47)66-30-12(6-42)60-36(24(54)18(30)48)65-29-11(5-41)58-34(22(52)16(29)46)63-27-9(3-39)56-32(61-25)20(50)14(27)44;19-7-12(27)14(5(2-23)30-16(7)29)33-18-9(21)13(28)15(6(3-24)32-18)34-17-8(20)11(26)10(25)4(1-22)31-17/h7-54H,1-6H2;4-18,22-29H,1-3,19-21H2/t7-,8-,9-,10-,11-,12-,13?,14?,15?,16?,17?,18?,19?,20?,21?,22?,23?,24?,25-,26-,27-,28-,29-,30?,31-,32-,33-,34-,35?,36-;4-,5-,6-,7?,8-,9?,10-,11-,12?,13-,14?,15?,16?,17+,18+/m11/s1. The largest absolute Gasteiger partial charge is 0.394 e. The molecule has 12 bridgehead atoms. The quantitative estimate of drug-likeness (QED) is 0.0814. The summed E-state index contributed by atoms with van der Waals surface area (Å²) < 4.78 is 95.3. The lowest BCUT2D eigenvalue weighted by Crippen LogP contribution is -2.69. The van der Waals surface area contributed by atoms with Gasteiger partial charge in [0.1, 0.15) is 201 Å². The molecule has 20 unspecified atom stereocenters. The normalized spacial score (nSPS) is 54.4. The number of rotatable bonds is 13. The molecule has 25 aliphatic heterocycles. The lowest BCUT2D eigenvalue weighted by atomic mass is 9.94. The first kappa shape index (κ1) is 82.2. The molecule has 0 aromatic rings. The summed E-state index contributed by atoms with van der Waals surface area (Å²) in [6.45, 7) is -7.99. The van der Waals surface area contributed by atoms with Crippen molar-refractivity contribution in [1.82, 2.24) is 0 Å². The van der Waals surface area contributed by atoms with Gasteiger partial charge >= 0.3 is 0 Å². The molecule has 100 heavy (non-hydrogen) atoms. The van der Waals surface area contributed by atoms with Crippen molar-refractivity contribution in [3.8, 4) is 0 Å². The highest BCUT2D eigenvalue weighted by atomic mass is 16.8. The van der Waals surface area contributed by atoms with Crippen molar-refractivity contribution in [3.05, 3.63) is 0 Å². The average Bonchev–Trinajstić information content (AvgIpc) is 0.783. The van der Waals surface area contributed by atoms with E-state index in [-0.39, 0.29) is 0 Å². The van der Waals surface area contributed by atoms with Crippen molar-refractivity contribution >= 4 is 0 Å². The second-order valence-corrected chi connectivity index (χ2v) is 25.4. The molecule has 0 aromatic carbocycles. The Hall–Kier alpha value is -1.84. The highest BCUT2D eigenvalue weighted by Gasteiger charge is 2.60. The van der Waals surface area contributed by atoms with E-state index in [2.05, 4.69) is 0 Å². The van der Waals surface area contributed by atoms with Gasteiger partial charge in [0.15, 0.2) is 56.6 Å². The van der Waals surface area contributed by atoms with Gasteiger partial charge in [0.2, 0.25) is 0 Å². The van der Waals surface area contributed by atoms with E-state index in [4.69, 9.17) is 97.7 Å². The summed E-state index contributed by atoms with van der Waals surface area (Å²) in [7, 11) is 0. The Morgan fingerprint density at radius 3 is 0.650 bits per heavy atom. The zero-order chi connectivity index (χ0) is 73.4. The van der Waals surface area contributed by atoms with Crippen LogP contribution in [0.1, 0.15) is 0 Å². The van der Waals surface area contributed by atoms with Crippen molar-refractivity contribution in [3.63, 3.8) is 0 Å². The highest BCUT2D eigenvalue weighted by Crippen LogP contribution is 2.39. The van der Waals surface area contributed by atoms with Gasteiger partial charge < -0.3 is 230 Å². The summed E-state index contributed by atoms with van der Waals surface area (Å²) in [5.74, 6) is 0. The molecule has 25 aliphatic rings. The predicted octanol–water partition coefficient (Wildman–Crippen LogP) is -20.7. The van der Waals surface area contributed by atoms with Gasteiger partial charge in [-0.2, -0.15) is 0 Å². The Balaban J connectivity index is 0.000000288. The van der Waals surface area contributed by atoms with Gasteiger partial charge in [-0.15, -0.1) is 0 Å². The van der Waals surface area contributed by atoms with Crippen LogP contribution >= 0.6 is 0 Å². The fourth-order valence-corrected chi connectivity index (χ4v) is 13.1. The van der Waals surface area contributed by atoms with E-state index in [1.165, 1.54) is 0 Å². The highest BCUT2D eigenvalue weighted by molar-refractivity contribution is 5.03.